The Morgan fingerprint density at radius 2 is 2.29 bits per heavy atom. The molecule has 1 aromatic rings. The lowest BCUT2D eigenvalue weighted by Gasteiger charge is -2.14. The molecule has 1 aromatic carbocycles. The number of nitrogens with one attached hydrogen (secondary N) is 1. The summed E-state index contributed by atoms with van der Waals surface area (Å²) in [6.07, 6.45) is 0.566. The van der Waals surface area contributed by atoms with Crippen LogP contribution in [0.4, 0.5) is 5.69 Å². The molecular formula is C13H16N2O2. The molecule has 1 rings (SSSR count). The number of benzene rings is 1. The molecule has 0 aliphatic rings. The van der Waals surface area contributed by atoms with Crippen LogP contribution in [0.1, 0.15) is 24.5 Å². The number of para-hydroxylation sites is 1. The van der Waals surface area contributed by atoms with E-state index >= 15 is 0 Å². The second-order valence-corrected chi connectivity index (χ2v) is 3.93. The van der Waals surface area contributed by atoms with Gasteiger partial charge in [0.15, 0.2) is 0 Å². The van der Waals surface area contributed by atoms with Crippen molar-refractivity contribution in [2.45, 2.75) is 20.3 Å². The van der Waals surface area contributed by atoms with E-state index in [9.17, 15) is 4.79 Å². The highest BCUT2D eigenvalue weighted by Crippen LogP contribution is 2.20. The Bertz CT molecular complexity index is 449. The zero-order valence-corrected chi connectivity index (χ0v) is 10.0. The number of carboxylic acids is 1. The molecular weight excluding hydrogens is 216 g/mol. The van der Waals surface area contributed by atoms with Gasteiger partial charge in [0.25, 0.3) is 0 Å². The lowest BCUT2D eigenvalue weighted by atomic mass is 10.1. The van der Waals surface area contributed by atoms with Crippen molar-refractivity contribution < 1.29 is 9.90 Å². The van der Waals surface area contributed by atoms with Crippen molar-refractivity contribution in [3.8, 4) is 6.07 Å². The fraction of sp³-hybridized carbons (Fsp3) is 0.385. The molecule has 0 heterocycles. The van der Waals surface area contributed by atoms with Gasteiger partial charge in [-0.3, -0.25) is 4.79 Å². The highest BCUT2D eigenvalue weighted by Gasteiger charge is 2.15. The van der Waals surface area contributed by atoms with Gasteiger partial charge in [-0.05, 0) is 25.0 Å². The summed E-state index contributed by atoms with van der Waals surface area (Å²) >= 11 is 0. The van der Waals surface area contributed by atoms with Crippen LogP contribution in [-0.4, -0.2) is 17.6 Å². The van der Waals surface area contributed by atoms with E-state index in [1.165, 1.54) is 0 Å². The van der Waals surface area contributed by atoms with Gasteiger partial charge >= 0.3 is 5.97 Å². The number of rotatable bonds is 5. The fourth-order valence-electron chi connectivity index (χ4n) is 1.63. The Morgan fingerprint density at radius 1 is 1.59 bits per heavy atom. The molecule has 0 saturated carbocycles. The molecule has 0 radical (unpaired) electrons. The lowest BCUT2D eigenvalue weighted by molar-refractivity contribution is -0.141. The second kappa shape index (κ2) is 5.90. The Hall–Kier alpha value is -2.02. The van der Waals surface area contributed by atoms with Gasteiger partial charge in [0.2, 0.25) is 0 Å². The van der Waals surface area contributed by atoms with Crippen molar-refractivity contribution in [2.24, 2.45) is 5.92 Å². The lowest BCUT2D eigenvalue weighted by Crippen LogP contribution is -2.22. The van der Waals surface area contributed by atoms with Crippen molar-refractivity contribution in [3.63, 3.8) is 0 Å². The SMILES string of the molecule is CCC(CNc1c(C)cccc1C#N)C(=O)O. The maximum absolute atomic E-state index is 10.9. The summed E-state index contributed by atoms with van der Waals surface area (Å²) in [7, 11) is 0. The number of nitrogens with zero attached hydrogens (tertiary/aromatic N) is 1. The van der Waals surface area contributed by atoms with Crippen molar-refractivity contribution in [3.05, 3.63) is 29.3 Å². The van der Waals surface area contributed by atoms with Crippen molar-refractivity contribution in [1.82, 2.24) is 0 Å². The Kier molecular flexibility index (Phi) is 4.53. The molecule has 17 heavy (non-hydrogen) atoms. The summed E-state index contributed by atoms with van der Waals surface area (Å²) in [4.78, 5) is 10.9. The molecule has 1 atom stereocenters. The quantitative estimate of drug-likeness (QED) is 0.817. The average molecular weight is 232 g/mol. The van der Waals surface area contributed by atoms with Crippen LogP contribution in [-0.2, 0) is 4.79 Å². The van der Waals surface area contributed by atoms with Crippen LogP contribution in [0, 0.1) is 24.2 Å². The van der Waals surface area contributed by atoms with Gasteiger partial charge in [0, 0.05) is 6.54 Å². The maximum Gasteiger partial charge on any atom is 0.308 e. The van der Waals surface area contributed by atoms with Crippen LogP contribution < -0.4 is 5.32 Å². The smallest absolute Gasteiger partial charge is 0.308 e. The number of anilines is 1. The second-order valence-electron chi connectivity index (χ2n) is 3.93. The zero-order valence-electron chi connectivity index (χ0n) is 10.0. The summed E-state index contributed by atoms with van der Waals surface area (Å²) < 4.78 is 0. The zero-order chi connectivity index (χ0) is 12.8. The molecule has 0 fully saturated rings. The number of hydrogen-bond acceptors (Lipinski definition) is 3. The van der Waals surface area contributed by atoms with Crippen molar-refractivity contribution in [2.75, 3.05) is 11.9 Å². The van der Waals surface area contributed by atoms with Crippen LogP contribution in [0.5, 0.6) is 0 Å². The van der Waals surface area contributed by atoms with Gasteiger partial charge in [-0.2, -0.15) is 5.26 Å². The molecule has 4 heteroatoms. The fourth-order valence-corrected chi connectivity index (χ4v) is 1.63. The highest BCUT2D eigenvalue weighted by molar-refractivity contribution is 5.71. The summed E-state index contributed by atoms with van der Waals surface area (Å²) in [6.45, 7) is 4.07. The third-order valence-corrected chi connectivity index (χ3v) is 2.76. The molecule has 0 saturated heterocycles. The number of hydrogen-bond donors (Lipinski definition) is 2. The first-order chi connectivity index (χ1) is 8.10. The van der Waals surface area contributed by atoms with Crippen LogP contribution in [0.2, 0.25) is 0 Å². The standard InChI is InChI=1S/C13H16N2O2/c1-3-10(13(16)17)8-15-12-9(2)5-4-6-11(12)7-14/h4-6,10,15H,3,8H2,1-2H3,(H,16,17). The van der Waals surface area contributed by atoms with Crippen molar-refractivity contribution >= 4 is 11.7 Å². The molecule has 90 valence electrons. The summed E-state index contributed by atoms with van der Waals surface area (Å²) in [5.41, 5.74) is 2.23. The number of carboxylic acid groups (broad SMARTS) is 1. The normalized spacial score (nSPS) is 11.6. The molecule has 1 unspecified atom stereocenters. The van der Waals surface area contributed by atoms with E-state index in [4.69, 9.17) is 10.4 Å². The van der Waals surface area contributed by atoms with E-state index in [1.54, 1.807) is 6.07 Å². The van der Waals surface area contributed by atoms with Crippen molar-refractivity contribution in [1.29, 1.82) is 5.26 Å². The van der Waals surface area contributed by atoms with Gasteiger partial charge in [0.05, 0.1) is 17.2 Å². The van der Waals surface area contributed by atoms with E-state index in [0.29, 0.717) is 18.5 Å². The topological polar surface area (TPSA) is 73.1 Å². The van der Waals surface area contributed by atoms with Gasteiger partial charge in [-0.1, -0.05) is 19.1 Å². The summed E-state index contributed by atoms with van der Waals surface area (Å²) in [5.74, 6) is -1.24. The largest absolute Gasteiger partial charge is 0.481 e. The van der Waals surface area contributed by atoms with E-state index in [0.717, 1.165) is 11.3 Å². The van der Waals surface area contributed by atoms with E-state index in [1.807, 2.05) is 26.0 Å². The molecule has 0 aliphatic heterocycles. The molecule has 0 bridgehead atoms. The first kappa shape index (κ1) is 13.0. The number of aryl methyl sites for hydroxylation is 1. The summed E-state index contributed by atoms with van der Waals surface area (Å²) in [5, 5.41) is 21.0. The predicted molar refractivity (Wildman–Crippen MR) is 65.8 cm³/mol. The first-order valence-electron chi connectivity index (χ1n) is 5.56. The average Bonchev–Trinajstić information content (AvgIpc) is 2.31. The number of carbonyl (C=O) groups is 1. The predicted octanol–water partition coefficient (Wildman–Crippen LogP) is 2.39. The third-order valence-electron chi connectivity index (χ3n) is 2.76. The molecule has 2 N–H and O–H groups in total. The minimum Gasteiger partial charge on any atom is -0.481 e. The molecule has 0 aromatic heterocycles. The maximum atomic E-state index is 10.9. The highest BCUT2D eigenvalue weighted by atomic mass is 16.4. The Balaban J connectivity index is 2.82. The summed E-state index contributed by atoms with van der Waals surface area (Å²) in [6, 6.07) is 7.52. The number of aliphatic carboxylic acids is 1. The molecule has 0 aliphatic carbocycles. The van der Waals surface area contributed by atoms with Crippen LogP contribution >= 0.6 is 0 Å². The van der Waals surface area contributed by atoms with Gasteiger partial charge in [-0.25, -0.2) is 0 Å². The minimum absolute atomic E-state index is 0.339. The van der Waals surface area contributed by atoms with Gasteiger partial charge < -0.3 is 10.4 Å². The molecule has 4 nitrogen and oxygen atoms in total. The van der Waals surface area contributed by atoms with E-state index in [-0.39, 0.29) is 0 Å². The monoisotopic (exact) mass is 232 g/mol. The van der Waals surface area contributed by atoms with Crippen LogP contribution in [0.15, 0.2) is 18.2 Å². The van der Waals surface area contributed by atoms with Gasteiger partial charge in [0.1, 0.15) is 6.07 Å². The van der Waals surface area contributed by atoms with E-state index < -0.39 is 11.9 Å². The Labute approximate surface area is 101 Å². The first-order valence-corrected chi connectivity index (χ1v) is 5.56. The van der Waals surface area contributed by atoms with Crippen LogP contribution in [0.25, 0.3) is 0 Å². The van der Waals surface area contributed by atoms with Gasteiger partial charge in [-0.15, -0.1) is 0 Å². The minimum atomic E-state index is -0.813. The molecule has 0 spiro atoms. The number of nitriles is 1. The van der Waals surface area contributed by atoms with Crippen LogP contribution in [0.3, 0.4) is 0 Å². The van der Waals surface area contributed by atoms with E-state index in [2.05, 4.69) is 11.4 Å². The third kappa shape index (κ3) is 3.22. The Morgan fingerprint density at radius 3 is 2.82 bits per heavy atom. The molecule has 0 amide bonds.